The van der Waals surface area contributed by atoms with Crippen molar-refractivity contribution in [3.05, 3.63) is 53.1 Å². The van der Waals surface area contributed by atoms with Gasteiger partial charge in [-0.15, -0.1) is 0 Å². The molecule has 3 rings (SSSR count). The normalized spacial score (nSPS) is 10.8. The number of rotatable bonds is 3. The van der Waals surface area contributed by atoms with E-state index in [0.29, 0.717) is 11.0 Å². The number of benzene rings is 1. The molecule has 0 fully saturated rings. The van der Waals surface area contributed by atoms with Gasteiger partial charge in [0.15, 0.2) is 0 Å². The van der Waals surface area contributed by atoms with E-state index in [1.807, 2.05) is 38.1 Å². The zero-order chi connectivity index (χ0) is 14.8. The van der Waals surface area contributed by atoms with Crippen LogP contribution >= 0.6 is 11.6 Å². The number of nitrogens with zero attached hydrogens (tertiary/aromatic N) is 3. The van der Waals surface area contributed by atoms with E-state index >= 15 is 0 Å². The first-order chi connectivity index (χ1) is 10.2. The fourth-order valence-corrected chi connectivity index (χ4v) is 2.37. The molecule has 2 heterocycles. The van der Waals surface area contributed by atoms with Crippen molar-refractivity contribution in [1.29, 1.82) is 0 Å². The molecule has 0 aliphatic rings. The largest absolute Gasteiger partial charge is 0.338 e. The summed E-state index contributed by atoms with van der Waals surface area (Å²) in [6.07, 6.45) is 0.738. The second-order valence-corrected chi connectivity index (χ2v) is 5.19. The standard InChI is InChI=1S/C16H15ClN4/c1-3-14-20-13(17)9-15(21-14)19-12-6-4-5-11-8-7-10(2)18-16(11)12/h4-9H,3H2,1-2H3,(H,19,20,21). The number of nitrogens with one attached hydrogen (secondary N) is 1. The summed E-state index contributed by atoms with van der Waals surface area (Å²) < 4.78 is 0. The van der Waals surface area contributed by atoms with Crippen LogP contribution in [0.5, 0.6) is 0 Å². The average molecular weight is 299 g/mol. The van der Waals surface area contributed by atoms with Gasteiger partial charge in [-0.1, -0.05) is 36.7 Å². The Morgan fingerprint density at radius 3 is 2.76 bits per heavy atom. The Labute approximate surface area is 128 Å². The summed E-state index contributed by atoms with van der Waals surface area (Å²) in [5.74, 6) is 1.40. The zero-order valence-corrected chi connectivity index (χ0v) is 12.6. The Hall–Kier alpha value is -2.20. The summed E-state index contributed by atoms with van der Waals surface area (Å²) >= 11 is 6.03. The summed E-state index contributed by atoms with van der Waals surface area (Å²) in [7, 11) is 0. The number of anilines is 2. The quantitative estimate of drug-likeness (QED) is 0.733. The van der Waals surface area contributed by atoms with Crippen LogP contribution in [-0.4, -0.2) is 15.0 Å². The summed E-state index contributed by atoms with van der Waals surface area (Å²) in [6.45, 7) is 3.98. The third-order valence-electron chi connectivity index (χ3n) is 3.18. The number of aromatic nitrogens is 3. The minimum absolute atomic E-state index is 0.439. The highest BCUT2D eigenvalue weighted by atomic mass is 35.5. The molecule has 3 aromatic rings. The number of hydrogen-bond donors (Lipinski definition) is 1. The second-order valence-electron chi connectivity index (χ2n) is 4.80. The summed E-state index contributed by atoms with van der Waals surface area (Å²) in [5, 5.41) is 4.81. The van der Waals surface area contributed by atoms with E-state index in [2.05, 4.69) is 26.3 Å². The van der Waals surface area contributed by atoms with Crippen LogP contribution < -0.4 is 5.32 Å². The lowest BCUT2D eigenvalue weighted by molar-refractivity contribution is 0.943. The SMILES string of the molecule is CCc1nc(Cl)cc(Nc2cccc3ccc(C)nc23)n1. The average Bonchev–Trinajstić information content (AvgIpc) is 2.47. The number of fused-ring (bicyclic) bond motifs is 1. The van der Waals surface area contributed by atoms with E-state index in [1.54, 1.807) is 6.07 Å². The third-order valence-corrected chi connectivity index (χ3v) is 3.37. The summed E-state index contributed by atoms with van der Waals surface area (Å²) in [4.78, 5) is 13.2. The first-order valence-electron chi connectivity index (χ1n) is 6.82. The Kier molecular flexibility index (Phi) is 3.71. The van der Waals surface area contributed by atoms with E-state index in [0.717, 1.165) is 34.5 Å². The van der Waals surface area contributed by atoms with Gasteiger partial charge in [-0.3, -0.25) is 4.98 Å². The monoisotopic (exact) mass is 298 g/mol. The summed E-state index contributed by atoms with van der Waals surface area (Å²) in [6, 6.07) is 11.8. The van der Waals surface area contributed by atoms with Crippen molar-refractivity contribution in [2.75, 3.05) is 5.32 Å². The first-order valence-corrected chi connectivity index (χ1v) is 7.20. The lowest BCUT2D eigenvalue weighted by Crippen LogP contribution is -2.00. The maximum Gasteiger partial charge on any atom is 0.135 e. The third kappa shape index (κ3) is 2.95. The van der Waals surface area contributed by atoms with Crippen molar-refractivity contribution in [3.63, 3.8) is 0 Å². The van der Waals surface area contributed by atoms with Crippen LogP contribution in [0.1, 0.15) is 18.4 Å². The maximum absolute atomic E-state index is 6.03. The molecule has 1 aromatic carbocycles. The molecule has 106 valence electrons. The van der Waals surface area contributed by atoms with Crippen LogP contribution in [0.25, 0.3) is 10.9 Å². The lowest BCUT2D eigenvalue weighted by Gasteiger charge is -2.10. The van der Waals surface area contributed by atoms with Gasteiger partial charge in [0.05, 0.1) is 11.2 Å². The fourth-order valence-electron chi connectivity index (χ4n) is 2.17. The van der Waals surface area contributed by atoms with E-state index in [9.17, 15) is 0 Å². The molecule has 0 atom stereocenters. The maximum atomic E-state index is 6.03. The van der Waals surface area contributed by atoms with Gasteiger partial charge in [0, 0.05) is 23.6 Å². The van der Waals surface area contributed by atoms with E-state index in [-0.39, 0.29) is 0 Å². The smallest absolute Gasteiger partial charge is 0.135 e. The number of para-hydroxylation sites is 1. The molecule has 1 N–H and O–H groups in total. The van der Waals surface area contributed by atoms with Gasteiger partial charge in [-0.2, -0.15) is 0 Å². The van der Waals surface area contributed by atoms with Gasteiger partial charge in [0.2, 0.25) is 0 Å². The van der Waals surface area contributed by atoms with Gasteiger partial charge >= 0.3 is 0 Å². The topological polar surface area (TPSA) is 50.7 Å². The summed E-state index contributed by atoms with van der Waals surface area (Å²) in [5.41, 5.74) is 2.81. The van der Waals surface area contributed by atoms with Crippen LogP contribution in [-0.2, 0) is 6.42 Å². The van der Waals surface area contributed by atoms with Crippen molar-refractivity contribution in [2.45, 2.75) is 20.3 Å². The predicted octanol–water partition coefficient (Wildman–Crippen LogP) is 4.29. The molecule has 0 radical (unpaired) electrons. The van der Waals surface area contributed by atoms with Crippen LogP contribution in [0, 0.1) is 6.92 Å². The minimum Gasteiger partial charge on any atom is -0.338 e. The number of aryl methyl sites for hydroxylation is 2. The van der Waals surface area contributed by atoms with Gasteiger partial charge in [0.25, 0.3) is 0 Å². The van der Waals surface area contributed by atoms with Crippen LogP contribution in [0.15, 0.2) is 36.4 Å². The Bertz CT molecular complexity index is 801. The number of halogens is 1. The van der Waals surface area contributed by atoms with Crippen LogP contribution in [0.2, 0.25) is 5.15 Å². The first kappa shape index (κ1) is 13.8. The van der Waals surface area contributed by atoms with Gasteiger partial charge in [-0.05, 0) is 19.1 Å². The van der Waals surface area contributed by atoms with E-state index in [1.165, 1.54) is 0 Å². The zero-order valence-electron chi connectivity index (χ0n) is 11.9. The predicted molar refractivity (Wildman–Crippen MR) is 86.2 cm³/mol. The molecule has 0 saturated heterocycles. The molecule has 0 saturated carbocycles. The van der Waals surface area contributed by atoms with Gasteiger partial charge in [-0.25, -0.2) is 9.97 Å². The van der Waals surface area contributed by atoms with Crippen molar-refractivity contribution in [3.8, 4) is 0 Å². The molecule has 2 aromatic heterocycles. The molecule has 5 heteroatoms. The number of pyridine rings is 1. The van der Waals surface area contributed by atoms with Crippen molar-refractivity contribution >= 4 is 34.0 Å². The highest BCUT2D eigenvalue weighted by Gasteiger charge is 2.06. The molecule has 0 aliphatic carbocycles. The Morgan fingerprint density at radius 2 is 1.95 bits per heavy atom. The lowest BCUT2D eigenvalue weighted by atomic mass is 10.1. The van der Waals surface area contributed by atoms with Crippen molar-refractivity contribution in [2.24, 2.45) is 0 Å². The highest BCUT2D eigenvalue weighted by molar-refractivity contribution is 6.29. The fraction of sp³-hybridized carbons (Fsp3) is 0.188. The van der Waals surface area contributed by atoms with Crippen molar-refractivity contribution in [1.82, 2.24) is 15.0 Å². The highest BCUT2D eigenvalue weighted by Crippen LogP contribution is 2.25. The van der Waals surface area contributed by atoms with Crippen molar-refractivity contribution < 1.29 is 0 Å². The van der Waals surface area contributed by atoms with Gasteiger partial charge < -0.3 is 5.32 Å². The Morgan fingerprint density at radius 1 is 1.10 bits per heavy atom. The molecule has 0 unspecified atom stereocenters. The minimum atomic E-state index is 0.439. The Balaban J connectivity index is 2.05. The molecule has 0 bridgehead atoms. The number of hydrogen-bond acceptors (Lipinski definition) is 4. The van der Waals surface area contributed by atoms with Gasteiger partial charge in [0.1, 0.15) is 16.8 Å². The molecule has 0 amide bonds. The molecule has 4 nitrogen and oxygen atoms in total. The van der Waals surface area contributed by atoms with Crippen LogP contribution in [0.4, 0.5) is 11.5 Å². The molecule has 0 aliphatic heterocycles. The molecular weight excluding hydrogens is 284 g/mol. The van der Waals surface area contributed by atoms with Crippen LogP contribution in [0.3, 0.4) is 0 Å². The second kappa shape index (κ2) is 5.66. The molecule has 0 spiro atoms. The van der Waals surface area contributed by atoms with E-state index < -0.39 is 0 Å². The van der Waals surface area contributed by atoms with E-state index in [4.69, 9.17) is 11.6 Å². The molecular formula is C16H15ClN4. The molecule has 21 heavy (non-hydrogen) atoms.